The van der Waals surface area contributed by atoms with Crippen LogP contribution in [0.1, 0.15) is 32.8 Å². The van der Waals surface area contributed by atoms with E-state index in [2.05, 4.69) is 86.0 Å². The van der Waals surface area contributed by atoms with Crippen molar-refractivity contribution in [3.63, 3.8) is 0 Å². The van der Waals surface area contributed by atoms with E-state index in [0.29, 0.717) is 6.54 Å². The Hall–Kier alpha value is -2.39. The van der Waals surface area contributed by atoms with Crippen LogP contribution < -0.4 is 10.6 Å². The standard InChI is InChI=1S/C23H28N2O/c1-4-13-24-23(26)22(16(2)3)25-15-21-19-11-7-5-9-17(19)14-18-10-6-8-12-20(18)21/h5-12,14,16,22,25H,4,13,15H2,1-3H3,(H,24,26)/t22-/m0/s1. The maximum absolute atomic E-state index is 12.5. The van der Waals surface area contributed by atoms with Gasteiger partial charge in [-0.25, -0.2) is 0 Å². The molecular weight excluding hydrogens is 320 g/mol. The van der Waals surface area contributed by atoms with Crippen molar-refractivity contribution < 1.29 is 4.79 Å². The number of carbonyl (C=O) groups is 1. The van der Waals surface area contributed by atoms with Crippen LogP contribution in [0.2, 0.25) is 0 Å². The normalized spacial score (nSPS) is 12.6. The summed E-state index contributed by atoms with van der Waals surface area (Å²) in [6.07, 6.45) is 0.949. The predicted octanol–water partition coefficient (Wildman–Crippen LogP) is 4.63. The van der Waals surface area contributed by atoms with Gasteiger partial charge in [0.15, 0.2) is 0 Å². The lowest BCUT2D eigenvalue weighted by Gasteiger charge is -2.23. The van der Waals surface area contributed by atoms with Gasteiger partial charge >= 0.3 is 0 Å². The van der Waals surface area contributed by atoms with E-state index in [-0.39, 0.29) is 17.9 Å². The molecule has 2 N–H and O–H groups in total. The molecule has 1 amide bonds. The largest absolute Gasteiger partial charge is 0.355 e. The Bertz CT molecular complexity index is 847. The number of fused-ring (bicyclic) bond motifs is 2. The molecule has 0 unspecified atom stereocenters. The highest BCUT2D eigenvalue weighted by Gasteiger charge is 2.21. The van der Waals surface area contributed by atoms with Crippen molar-refractivity contribution in [2.24, 2.45) is 5.92 Å². The zero-order chi connectivity index (χ0) is 18.5. The molecule has 26 heavy (non-hydrogen) atoms. The summed E-state index contributed by atoms with van der Waals surface area (Å²) < 4.78 is 0. The van der Waals surface area contributed by atoms with Crippen molar-refractivity contribution in [2.75, 3.05) is 6.54 Å². The van der Waals surface area contributed by atoms with Gasteiger partial charge in [0.2, 0.25) is 5.91 Å². The molecule has 0 spiro atoms. The summed E-state index contributed by atoms with van der Waals surface area (Å²) in [5.41, 5.74) is 1.26. The highest BCUT2D eigenvalue weighted by atomic mass is 16.2. The molecule has 3 aromatic rings. The molecule has 0 aliphatic rings. The molecular formula is C23H28N2O. The van der Waals surface area contributed by atoms with Gasteiger partial charge in [0.25, 0.3) is 0 Å². The first-order chi connectivity index (χ1) is 12.6. The van der Waals surface area contributed by atoms with Gasteiger partial charge in [0.05, 0.1) is 6.04 Å². The van der Waals surface area contributed by atoms with Crippen LogP contribution >= 0.6 is 0 Å². The molecule has 0 aliphatic heterocycles. The Morgan fingerprint density at radius 1 is 0.962 bits per heavy atom. The topological polar surface area (TPSA) is 41.1 Å². The van der Waals surface area contributed by atoms with Crippen LogP contribution in [-0.2, 0) is 11.3 Å². The molecule has 3 aromatic carbocycles. The minimum Gasteiger partial charge on any atom is -0.355 e. The maximum Gasteiger partial charge on any atom is 0.237 e. The van der Waals surface area contributed by atoms with Gasteiger partial charge in [0, 0.05) is 13.1 Å². The highest BCUT2D eigenvalue weighted by molar-refractivity contribution is 6.02. The Morgan fingerprint density at radius 3 is 2.08 bits per heavy atom. The van der Waals surface area contributed by atoms with E-state index in [1.807, 2.05) is 0 Å². The van der Waals surface area contributed by atoms with Crippen LogP contribution in [-0.4, -0.2) is 18.5 Å². The molecule has 0 radical (unpaired) electrons. The minimum absolute atomic E-state index is 0.0893. The van der Waals surface area contributed by atoms with Crippen LogP contribution in [0.25, 0.3) is 21.5 Å². The highest BCUT2D eigenvalue weighted by Crippen LogP contribution is 2.28. The lowest BCUT2D eigenvalue weighted by atomic mass is 9.96. The second-order valence-electron chi connectivity index (χ2n) is 7.19. The first kappa shape index (κ1) is 18.4. The SMILES string of the molecule is CCCNC(=O)[C@@H](NCc1c2ccccc2cc2ccccc12)C(C)C. The lowest BCUT2D eigenvalue weighted by molar-refractivity contribution is -0.124. The van der Waals surface area contributed by atoms with E-state index >= 15 is 0 Å². The minimum atomic E-state index is -0.195. The average molecular weight is 348 g/mol. The zero-order valence-electron chi connectivity index (χ0n) is 15.9. The van der Waals surface area contributed by atoms with Gasteiger partial charge < -0.3 is 10.6 Å². The first-order valence-corrected chi connectivity index (χ1v) is 9.52. The molecule has 0 aliphatic carbocycles. The zero-order valence-corrected chi connectivity index (χ0v) is 15.9. The maximum atomic E-state index is 12.5. The van der Waals surface area contributed by atoms with Crippen LogP contribution in [0.3, 0.4) is 0 Å². The van der Waals surface area contributed by atoms with Gasteiger partial charge in [-0.2, -0.15) is 0 Å². The van der Waals surface area contributed by atoms with Gasteiger partial charge in [-0.1, -0.05) is 69.3 Å². The Balaban J connectivity index is 1.94. The molecule has 3 heteroatoms. The van der Waals surface area contributed by atoms with Gasteiger partial charge in [-0.3, -0.25) is 4.79 Å². The van der Waals surface area contributed by atoms with Gasteiger partial charge in [0.1, 0.15) is 0 Å². The summed E-state index contributed by atoms with van der Waals surface area (Å²) in [5, 5.41) is 11.5. The molecule has 0 bridgehead atoms. The third-order valence-electron chi connectivity index (χ3n) is 4.88. The van der Waals surface area contributed by atoms with Crippen molar-refractivity contribution in [1.29, 1.82) is 0 Å². The van der Waals surface area contributed by atoms with E-state index in [1.165, 1.54) is 27.1 Å². The van der Waals surface area contributed by atoms with E-state index in [9.17, 15) is 4.79 Å². The lowest BCUT2D eigenvalue weighted by Crippen LogP contribution is -2.47. The number of hydrogen-bond donors (Lipinski definition) is 2. The monoisotopic (exact) mass is 348 g/mol. The second-order valence-corrected chi connectivity index (χ2v) is 7.19. The molecule has 0 heterocycles. The number of nitrogens with one attached hydrogen (secondary N) is 2. The summed E-state index contributed by atoms with van der Waals surface area (Å²) in [7, 11) is 0. The summed E-state index contributed by atoms with van der Waals surface area (Å²) in [6, 6.07) is 19.0. The average Bonchev–Trinajstić information content (AvgIpc) is 2.65. The number of carbonyl (C=O) groups excluding carboxylic acids is 1. The van der Waals surface area contributed by atoms with Crippen molar-refractivity contribution in [3.05, 3.63) is 60.2 Å². The van der Waals surface area contributed by atoms with Crippen LogP contribution in [0, 0.1) is 5.92 Å². The number of hydrogen-bond acceptors (Lipinski definition) is 2. The Morgan fingerprint density at radius 2 is 1.54 bits per heavy atom. The third kappa shape index (κ3) is 3.88. The summed E-state index contributed by atoms with van der Waals surface area (Å²) in [5.74, 6) is 0.319. The van der Waals surface area contributed by atoms with Crippen LogP contribution in [0.5, 0.6) is 0 Å². The molecule has 0 aromatic heterocycles. The predicted molar refractivity (Wildman–Crippen MR) is 110 cm³/mol. The summed E-state index contributed by atoms with van der Waals surface area (Å²) >= 11 is 0. The molecule has 0 fully saturated rings. The van der Waals surface area contributed by atoms with Crippen molar-refractivity contribution in [1.82, 2.24) is 10.6 Å². The molecule has 1 atom stereocenters. The molecule has 0 saturated heterocycles. The fourth-order valence-electron chi connectivity index (χ4n) is 3.50. The van der Waals surface area contributed by atoms with Crippen LogP contribution in [0.15, 0.2) is 54.6 Å². The fraction of sp³-hybridized carbons (Fsp3) is 0.348. The first-order valence-electron chi connectivity index (χ1n) is 9.52. The number of benzene rings is 3. The molecule has 136 valence electrons. The summed E-state index contributed by atoms with van der Waals surface area (Å²) in [6.45, 7) is 7.64. The van der Waals surface area contributed by atoms with E-state index in [1.54, 1.807) is 0 Å². The van der Waals surface area contributed by atoms with Crippen LogP contribution in [0.4, 0.5) is 0 Å². The molecule has 3 rings (SSSR count). The number of rotatable bonds is 7. The smallest absolute Gasteiger partial charge is 0.237 e. The second kappa shape index (κ2) is 8.33. The van der Waals surface area contributed by atoms with Crippen molar-refractivity contribution in [3.8, 4) is 0 Å². The molecule has 3 nitrogen and oxygen atoms in total. The third-order valence-corrected chi connectivity index (χ3v) is 4.88. The summed E-state index contributed by atoms with van der Waals surface area (Å²) in [4.78, 5) is 12.5. The van der Waals surface area contributed by atoms with Gasteiger partial charge in [-0.15, -0.1) is 0 Å². The Labute approximate surface area is 155 Å². The Kier molecular flexibility index (Phi) is 5.89. The van der Waals surface area contributed by atoms with Crippen molar-refractivity contribution >= 4 is 27.5 Å². The van der Waals surface area contributed by atoms with E-state index in [4.69, 9.17) is 0 Å². The molecule has 0 saturated carbocycles. The van der Waals surface area contributed by atoms with Crippen molar-refractivity contribution in [2.45, 2.75) is 39.8 Å². The van der Waals surface area contributed by atoms with Gasteiger partial charge in [-0.05, 0) is 45.5 Å². The fourth-order valence-corrected chi connectivity index (χ4v) is 3.50. The van der Waals surface area contributed by atoms with E-state index < -0.39 is 0 Å². The van der Waals surface area contributed by atoms with E-state index in [0.717, 1.165) is 13.0 Å². The quantitative estimate of drug-likeness (QED) is 0.611. The number of amides is 1.